The van der Waals surface area contributed by atoms with Crippen molar-refractivity contribution in [2.45, 2.75) is 6.18 Å². The van der Waals surface area contributed by atoms with E-state index in [1.54, 1.807) is 0 Å². The zero-order chi connectivity index (χ0) is 17.3. The fraction of sp³-hybridized carbons (Fsp3) is 0.357. The SMILES string of the molecule is O=C(NCC1CNC1)c1nnn(-c2ccc(F)cc2)c1C(F)(F)F. The molecule has 128 valence electrons. The van der Waals surface area contributed by atoms with Crippen LogP contribution in [0.1, 0.15) is 16.2 Å². The molecule has 1 aliphatic heterocycles. The second-order valence-electron chi connectivity index (χ2n) is 5.41. The average molecular weight is 343 g/mol. The predicted octanol–water partition coefficient (Wildman–Crippen LogP) is 1.37. The summed E-state index contributed by atoms with van der Waals surface area (Å²) < 4.78 is 53.6. The second kappa shape index (κ2) is 6.19. The molecule has 0 aliphatic carbocycles. The molecule has 1 aromatic carbocycles. The lowest BCUT2D eigenvalue weighted by molar-refractivity contribution is -0.143. The highest BCUT2D eigenvalue weighted by Gasteiger charge is 2.42. The number of carbonyl (C=O) groups is 1. The van der Waals surface area contributed by atoms with Crippen molar-refractivity contribution in [3.05, 3.63) is 41.5 Å². The van der Waals surface area contributed by atoms with Gasteiger partial charge in [0.15, 0.2) is 11.4 Å². The Morgan fingerprint density at radius 3 is 2.50 bits per heavy atom. The molecule has 1 aromatic heterocycles. The van der Waals surface area contributed by atoms with Crippen LogP contribution in [0, 0.1) is 11.7 Å². The van der Waals surface area contributed by atoms with E-state index in [1.165, 1.54) is 0 Å². The molecule has 2 heterocycles. The molecule has 0 saturated carbocycles. The minimum absolute atomic E-state index is 0.0431. The van der Waals surface area contributed by atoms with Crippen molar-refractivity contribution >= 4 is 5.91 Å². The van der Waals surface area contributed by atoms with E-state index in [9.17, 15) is 22.4 Å². The Labute approximate surface area is 133 Å². The van der Waals surface area contributed by atoms with E-state index in [-0.39, 0.29) is 18.2 Å². The molecule has 24 heavy (non-hydrogen) atoms. The van der Waals surface area contributed by atoms with E-state index >= 15 is 0 Å². The van der Waals surface area contributed by atoms with Crippen molar-refractivity contribution in [1.82, 2.24) is 25.6 Å². The van der Waals surface area contributed by atoms with Crippen LogP contribution < -0.4 is 10.6 Å². The molecular weight excluding hydrogens is 330 g/mol. The normalized spacial score (nSPS) is 15.2. The number of nitrogens with zero attached hydrogens (tertiary/aromatic N) is 3. The highest BCUT2D eigenvalue weighted by Crippen LogP contribution is 2.32. The fourth-order valence-electron chi connectivity index (χ4n) is 2.27. The number of hydrogen-bond donors (Lipinski definition) is 2. The van der Waals surface area contributed by atoms with Gasteiger partial charge in [-0.25, -0.2) is 9.07 Å². The van der Waals surface area contributed by atoms with Gasteiger partial charge in [0.25, 0.3) is 5.91 Å². The molecule has 0 unspecified atom stereocenters. The Morgan fingerprint density at radius 1 is 1.29 bits per heavy atom. The first-order valence-electron chi connectivity index (χ1n) is 7.14. The summed E-state index contributed by atoms with van der Waals surface area (Å²) in [6, 6.07) is 4.25. The molecule has 10 heteroatoms. The number of alkyl halides is 3. The van der Waals surface area contributed by atoms with Gasteiger partial charge in [0.1, 0.15) is 5.82 Å². The molecule has 6 nitrogen and oxygen atoms in total. The maximum absolute atomic E-state index is 13.4. The van der Waals surface area contributed by atoms with Gasteiger partial charge in [-0.1, -0.05) is 5.21 Å². The first kappa shape index (κ1) is 16.4. The number of amides is 1. The summed E-state index contributed by atoms with van der Waals surface area (Å²) in [6.45, 7) is 1.66. The molecule has 0 spiro atoms. The number of carbonyl (C=O) groups excluding carboxylic acids is 1. The number of aromatic nitrogens is 3. The van der Waals surface area contributed by atoms with Gasteiger partial charge in [0, 0.05) is 25.6 Å². The summed E-state index contributed by atoms with van der Waals surface area (Å²) in [4.78, 5) is 12.0. The molecule has 3 rings (SSSR count). The molecule has 2 N–H and O–H groups in total. The van der Waals surface area contributed by atoms with Gasteiger partial charge in [0.05, 0.1) is 5.69 Å². The Morgan fingerprint density at radius 2 is 1.96 bits per heavy atom. The van der Waals surface area contributed by atoms with E-state index in [1.807, 2.05) is 0 Å². The molecule has 2 aromatic rings. The van der Waals surface area contributed by atoms with Gasteiger partial charge in [-0.05, 0) is 24.3 Å². The maximum atomic E-state index is 13.4. The number of hydrogen-bond acceptors (Lipinski definition) is 4. The monoisotopic (exact) mass is 343 g/mol. The quantitative estimate of drug-likeness (QED) is 0.823. The second-order valence-corrected chi connectivity index (χ2v) is 5.41. The summed E-state index contributed by atoms with van der Waals surface area (Å²) in [7, 11) is 0. The lowest BCUT2D eigenvalue weighted by atomic mass is 10.0. The van der Waals surface area contributed by atoms with Crippen LogP contribution in [0.3, 0.4) is 0 Å². The Balaban J connectivity index is 1.91. The van der Waals surface area contributed by atoms with Crippen LogP contribution in [-0.2, 0) is 6.18 Å². The van der Waals surface area contributed by atoms with Crippen LogP contribution in [0.4, 0.5) is 17.6 Å². The summed E-state index contributed by atoms with van der Waals surface area (Å²) in [6.07, 6.45) is -4.84. The van der Waals surface area contributed by atoms with Crippen LogP contribution in [0.15, 0.2) is 24.3 Å². The number of benzene rings is 1. The van der Waals surface area contributed by atoms with Gasteiger partial charge in [0.2, 0.25) is 0 Å². The van der Waals surface area contributed by atoms with Crippen molar-refractivity contribution < 1.29 is 22.4 Å². The van der Waals surface area contributed by atoms with Crippen LogP contribution in [0.5, 0.6) is 0 Å². The minimum atomic E-state index is -4.84. The van der Waals surface area contributed by atoms with Gasteiger partial charge < -0.3 is 10.6 Å². The maximum Gasteiger partial charge on any atom is 0.435 e. The first-order chi connectivity index (χ1) is 11.4. The summed E-state index contributed by atoms with van der Waals surface area (Å²) >= 11 is 0. The van der Waals surface area contributed by atoms with E-state index in [0.29, 0.717) is 17.8 Å². The Kier molecular flexibility index (Phi) is 4.22. The van der Waals surface area contributed by atoms with Gasteiger partial charge in [-0.15, -0.1) is 5.10 Å². The average Bonchev–Trinajstić information content (AvgIpc) is 2.91. The van der Waals surface area contributed by atoms with Gasteiger partial charge >= 0.3 is 6.18 Å². The van der Waals surface area contributed by atoms with Crippen molar-refractivity contribution in [1.29, 1.82) is 0 Å². The molecule has 0 bridgehead atoms. The lowest BCUT2D eigenvalue weighted by Crippen LogP contribution is -2.48. The topological polar surface area (TPSA) is 71.8 Å². The van der Waals surface area contributed by atoms with E-state index in [4.69, 9.17) is 0 Å². The zero-order valence-electron chi connectivity index (χ0n) is 12.3. The summed E-state index contributed by atoms with van der Waals surface area (Å²) in [5.41, 5.74) is -2.14. The molecule has 1 saturated heterocycles. The third-order valence-corrected chi connectivity index (χ3v) is 3.64. The van der Waals surface area contributed by atoms with Crippen LogP contribution in [0.2, 0.25) is 0 Å². The number of nitrogens with one attached hydrogen (secondary N) is 2. The molecule has 0 radical (unpaired) electrons. The van der Waals surface area contributed by atoms with Crippen molar-refractivity contribution in [2.24, 2.45) is 5.92 Å². The summed E-state index contributed by atoms with van der Waals surface area (Å²) in [5, 5.41) is 12.2. The van der Waals surface area contributed by atoms with Crippen molar-refractivity contribution in [3.63, 3.8) is 0 Å². The Hall–Kier alpha value is -2.49. The molecular formula is C14H13F4N5O. The van der Waals surface area contributed by atoms with E-state index in [0.717, 1.165) is 24.3 Å². The number of halogens is 4. The summed E-state index contributed by atoms with van der Waals surface area (Å²) in [5.74, 6) is -1.35. The molecule has 1 fully saturated rings. The van der Waals surface area contributed by atoms with Crippen LogP contribution >= 0.6 is 0 Å². The molecule has 1 amide bonds. The third-order valence-electron chi connectivity index (χ3n) is 3.64. The predicted molar refractivity (Wildman–Crippen MR) is 75.0 cm³/mol. The van der Waals surface area contributed by atoms with Gasteiger partial charge in [-0.3, -0.25) is 4.79 Å². The minimum Gasteiger partial charge on any atom is -0.350 e. The van der Waals surface area contributed by atoms with Crippen LogP contribution in [0.25, 0.3) is 5.69 Å². The van der Waals surface area contributed by atoms with E-state index in [2.05, 4.69) is 20.9 Å². The zero-order valence-corrected chi connectivity index (χ0v) is 12.3. The van der Waals surface area contributed by atoms with Gasteiger partial charge in [-0.2, -0.15) is 13.2 Å². The molecule has 0 atom stereocenters. The largest absolute Gasteiger partial charge is 0.435 e. The smallest absolute Gasteiger partial charge is 0.350 e. The Bertz CT molecular complexity index is 737. The fourth-order valence-corrected chi connectivity index (χ4v) is 2.27. The highest BCUT2D eigenvalue weighted by molar-refractivity contribution is 5.93. The van der Waals surface area contributed by atoms with Crippen LogP contribution in [-0.4, -0.2) is 40.5 Å². The first-order valence-corrected chi connectivity index (χ1v) is 7.14. The van der Waals surface area contributed by atoms with E-state index < -0.39 is 29.3 Å². The molecule has 1 aliphatic rings. The lowest BCUT2D eigenvalue weighted by Gasteiger charge is -2.26. The van der Waals surface area contributed by atoms with Crippen molar-refractivity contribution in [3.8, 4) is 5.69 Å². The highest BCUT2D eigenvalue weighted by atomic mass is 19.4. The van der Waals surface area contributed by atoms with Crippen molar-refractivity contribution in [2.75, 3.05) is 19.6 Å². The standard InChI is InChI=1S/C14H13F4N5O/c15-9-1-3-10(4-2-9)23-12(14(16,17)18)11(21-22-23)13(24)20-7-8-5-19-6-8/h1-4,8,19H,5-7H2,(H,20,24). The number of rotatable bonds is 4. The third kappa shape index (κ3) is 3.23.